The Labute approximate surface area is 115 Å². The third kappa shape index (κ3) is 3.16. The number of nitrogens with two attached hydrogens (primary N) is 1. The van der Waals surface area contributed by atoms with Gasteiger partial charge in [-0.25, -0.2) is 4.98 Å². The van der Waals surface area contributed by atoms with Gasteiger partial charge in [0.2, 0.25) is 0 Å². The van der Waals surface area contributed by atoms with Crippen LogP contribution in [0.1, 0.15) is 37.6 Å². The minimum absolute atomic E-state index is 0.0998. The molecule has 1 aromatic rings. The van der Waals surface area contributed by atoms with Crippen LogP contribution in [-0.4, -0.2) is 29.1 Å². The predicted molar refractivity (Wildman–Crippen MR) is 78.9 cm³/mol. The van der Waals surface area contributed by atoms with Gasteiger partial charge in [0.15, 0.2) is 5.84 Å². The molecule has 0 radical (unpaired) electrons. The SMILES string of the molecule is Cc1cc(C)c(/C(N)=N/O)c(N(C)C(C)C(C)C)n1. The molecule has 1 heterocycles. The second kappa shape index (κ2) is 5.91. The summed E-state index contributed by atoms with van der Waals surface area (Å²) in [6.07, 6.45) is 0. The highest BCUT2D eigenvalue weighted by Gasteiger charge is 2.21. The van der Waals surface area contributed by atoms with Crippen molar-refractivity contribution in [2.75, 3.05) is 11.9 Å². The van der Waals surface area contributed by atoms with Crippen LogP contribution in [0.3, 0.4) is 0 Å². The Morgan fingerprint density at radius 2 is 1.95 bits per heavy atom. The van der Waals surface area contributed by atoms with Gasteiger partial charge in [0.05, 0.1) is 5.56 Å². The van der Waals surface area contributed by atoms with Crippen LogP contribution in [0.5, 0.6) is 0 Å². The molecule has 5 heteroatoms. The number of amidine groups is 1. The van der Waals surface area contributed by atoms with Crippen molar-refractivity contribution in [3.8, 4) is 0 Å². The summed E-state index contributed by atoms with van der Waals surface area (Å²) in [6, 6.07) is 2.24. The second-order valence-electron chi connectivity index (χ2n) is 5.36. The fourth-order valence-electron chi connectivity index (χ4n) is 2.08. The number of anilines is 1. The van der Waals surface area contributed by atoms with Gasteiger partial charge in [-0.1, -0.05) is 19.0 Å². The molecule has 0 amide bonds. The first kappa shape index (κ1) is 15.3. The van der Waals surface area contributed by atoms with Crippen molar-refractivity contribution in [2.24, 2.45) is 16.8 Å². The summed E-state index contributed by atoms with van der Waals surface area (Å²) in [7, 11) is 1.99. The van der Waals surface area contributed by atoms with Crippen molar-refractivity contribution < 1.29 is 5.21 Å². The highest BCUT2D eigenvalue weighted by atomic mass is 16.4. The zero-order valence-electron chi connectivity index (χ0n) is 12.6. The van der Waals surface area contributed by atoms with Crippen molar-refractivity contribution >= 4 is 11.7 Å². The van der Waals surface area contributed by atoms with Gasteiger partial charge in [0, 0.05) is 18.8 Å². The Morgan fingerprint density at radius 1 is 1.37 bits per heavy atom. The molecule has 1 atom stereocenters. The van der Waals surface area contributed by atoms with E-state index in [9.17, 15) is 0 Å². The van der Waals surface area contributed by atoms with Crippen LogP contribution >= 0.6 is 0 Å². The second-order valence-corrected chi connectivity index (χ2v) is 5.36. The van der Waals surface area contributed by atoms with Gasteiger partial charge in [0.1, 0.15) is 5.82 Å². The first-order valence-corrected chi connectivity index (χ1v) is 6.48. The van der Waals surface area contributed by atoms with Gasteiger partial charge in [-0.05, 0) is 38.3 Å². The van der Waals surface area contributed by atoms with Crippen LogP contribution in [0.2, 0.25) is 0 Å². The van der Waals surface area contributed by atoms with E-state index in [1.54, 1.807) is 0 Å². The fraction of sp³-hybridized carbons (Fsp3) is 0.571. The van der Waals surface area contributed by atoms with E-state index in [-0.39, 0.29) is 5.84 Å². The first-order chi connectivity index (χ1) is 8.79. The molecule has 0 saturated carbocycles. The molecule has 0 saturated heterocycles. The van der Waals surface area contributed by atoms with Crippen LogP contribution < -0.4 is 10.6 Å². The highest BCUT2D eigenvalue weighted by molar-refractivity contribution is 6.02. The number of nitrogens with zero attached hydrogens (tertiary/aromatic N) is 3. The van der Waals surface area contributed by atoms with E-state index in [0.717, 1.165) is 17.1 Å². The summed E-state index contributed by atoms with van der Waals surface area (Å²) in [5.41, 5.74) is 8.37. The monoisotopic (exact) mass is 264 g/mol. The van der Waals surface area contributed by atoms with Crippen LogP contribution in [0.4, 0.5) is 5.82 Å². The summed E-state index contributed by atoms with van der Waals surface area (Å²) < 4.78 is 0. The van der Waals surface area contributed by atoms with Crippen molar-refractivity contribution in [3.05, 3.63) is 22.9 Å². The summed E-state index contributed by atoms with van der Waals surface area (Å²) in [4.78, 5) is 6.64. The van der Waals surface area contributed by atoms with E-state index in [1.807, 2.05) is 27.0 Å². The van der Waals surface area contributed by atoms with Crippen LogP contribution in [0, 0.1) is 19.8 Å². The summed E-state index contributed by atoms with van der Waals surface area (Å²) in [6.45, 7) is 10.3. The van der Waals surface area contributed by atoms with Gasteiger partial charge < -0.3 is 15.8 Å². The minimum Gasteiger partial charge on any atom is -0.409 e. The lowest BCUT2D eigenvalue weighted by Crippen LogP contribution is -2.36. The lowest BCUT2D eigenvalue weighted by Gasteiger charge is -2.31. The third-order valence-electron chi connectivity index (χ3n) is 3.60. The van der Waals surface area contributed by atoms with Gasteiger partial charge in [-0.2, -0.15) is 0 Å². The number of pyridine rings is 1. The molecule has 0 spiro atoms. The van der Waals surface area contributed by atoms with E-state index >= 15 is 0 Å². The van der Waals surface area contributed by atoms with Crippen LogP contribution in [0.15, 0.2) is 11.2 Å². The van der Waals surface area contributed by atoms with Gasteiger partial charge in [-0.15, -0.1) is 0 Å². The van der Waals surface area contributed by atoms with Gasteiger partial charge in [-0.3, -0.25) is 0 Å². The molecule has 1 unspecified atom stereocenters. The zero-order valence-corrected chi connectivity index (χ0v) is 12.6. The van der Waals surface area contributed by atoms with Crippen LogP contribution in [0.25, 0.3) is 0 Å². The Kier molecular flexibility index (Phi) is 4.75. The maximum absolute atomic E-state index is 8.95. The number of rotatable bonds is 4. The molecule has 0 aliphatic heterocycles. The molecule has 0 bridgehead atoms. The summed E-state index contributed by atoms with van der Waals surface area (Å²) >= 11 is 0. The molecule has 106 valence electrons. The minimum atomic E-state index is 0.0998. The normalized spacial score (nSPS) is 13.7. The van der Waals surface area contributed by atoms with Crippen molar-refractivity contribution in [2.45, 2.75) is 40.7 Å². The molecule has 1 rings (SSSR count). The molecule has 5 nitrogen and oxygen atoms in total. The van der Waals surface area contributed by atoms with E-state index in [1.165, 1.54) is 0 Å². The number of hydrogen-bond acceptors (Lipinski definition) is 4. The van der Waals surface area contributed by atoms with E-state index in [2.05, 4.69) is 35.8 Å². The lowest BCUT2D eigenvalue weighted by atomic mass is 10.0. The first-order valence-electron chi connectivity index (χ1n) is 6.48. The number of aryl methyl sites for hydroxylation is 2. The Morgan fingerprint density at radius 3 is 2.42 bits per heavy atom. The van der Waals surface area contributed by atoms with Crippen molar-refractivity contribution in [1.82, 2.24) is 4.98 Å². The number of hydrogen-bond donors (Lipinski definition) is 2. The maximum Gasteiger partial charge on any atom is 0.174 e. The maximum atomic E-state index is 8.95. The van der Waals surface area contributed by atoms with Gasteiger partial charge >= 0.3 is 0 Å². The smallest absolute Gasteiger partial charge is 0.174 e. The molecular formula is C14H24N4O. The molecule has 0 fully saturated rings. The Balaban J connectivity index is 3.40. The molecule has 0 aliphatic rings. The zero-order chi connectivity index (χ0) is 14.7. The van der Waals surface area contributed by atoms with Crippen molar-refractivity contribution in [3.63, 3.8) is 0 Å². The Bertz CT molecular complexity index is 483. The molecule has 0 aromatic carbocycles. The van der Waals surface area contributed by atoms with Gasteiger partial charge in [0.25, 0.3) is 0 Å². The largest absolute Gasteiger partial charge is 0.409 e. The average molecular weight is 264 g/mol. The molecule has 3 N–H and O–H groups in total. The summed E-state index contributed by atoms with van der Waals surface area (Å²) in [5, 5.41) is 12.1. The fourth-order valence-corrected chi connectivity index (χ4v) is 2.08. The highest BCUT2D eigenvalue weighted by Crippen LogP contribution is 2.25. The number of aromatic nitrogens is 1. The Hall–Kier alpha value is -1.78. The topological polar surface area (TPSA) is 74.7 Å². The van der Waals surface area contributed by atoms with E-state index in [0.29, 0.717) is 17.5 Å². The van der Waals surface area contributed by atoms with E-state index < -0.39 is 0 Å². The molecule has 19 heavy (non-hydrogen) atoms. The predicted octanol–water partition coefficient (Wildman–Crippen LogP) is 2.27. The van der Waals surface area contributed by atoms with Crippen molar-refractivity contribution in [1.29, 1.82) is 0 Å². The molecule has 1 aromatic heterocycles. The lowest BCUT2D eigenvalue weighted by molar-refractivity contribution is 0.318. The quantitative estimate of drug-likeness (QED) is 0.378. The summed E-state index contributed by atoms with van der Waals surface area (Å²) in [5.74, 6) is 1.34. The third-order valence-corrected chi connectivity index (χ3v) is 3.60. The molecular weight excluding hydrogens is 240 g/mol. The standard InChI is InChI=1S/C14H24N4O/c1-8(2)11(5)18(6)14-12(13(15)17-19)9(3)7-10(4)16-14/h7-8,11,19H,1-6H3,(H2,15,17). The van der Waals surface area contributed by atoms with E-state index in [4.69, 9.17) is 10.9 Å². The molecule has 0 aliphatic carbocycles. The average Bonchev–Trinajstić information content (AvgIpc) is 2.35. The number of oxime groups is 1. The van der Waals surface area contributed by atoms with Crippen LogP contribution in [-0.2, 0) is 0 Å².